The number of aromatic nitrogens is 2. The summed E-state index contributed by atoms with van der Waals surface area (Å²) in [5.74, 6) is 0.890. The van der Waals surface area contributed by atoms with Gasteiger partial charge in [-0.1, -0.05) is 0 Å². The molecule has 0 aromatic carbocycles. The molecule has 1 aromatic rings. The Balaban J connectivity index is 2.01. The third kappa shape index (κ3) is 6.07. The van der Waals surface area contributed by atoms with Gasteiger partial charge in [0.15, 0.2) is 0 Å². The van der Waals surface area contributed by atoms with Crippen molar-refractivity contribution in [2.24, 2.45) is 5.73 Å². The molecule has 0 saturated heterocycles. The van der Waals surface area contributed by atoms with Crippen molar-refractivity contribution in [2.45, 2.75) is 31.8 Å². The Kier molecular flexibility index (Phi) is 7.52. The highest BCUT2D eigenvalue weighted by Crippen LogP contribution is 1.99. The lowest BCUT2D eigenvalue weighted by Gasteiger charge is -2.11. The molecule has 1 rings (SSSR count). The highest BCUT2D eigenvalue weighted by Gasteiger charge is 2.11. The van der Waals surface area contributed by atoms with E-state index in [1.165, 1.54) is 0 Å². The predicted molar refractivity (Wildman–Crippen MR) is 75.4 cm³/mol. The van der Waals surface area contributed by atoms with Crippen molar-refractivity contribution < 1.29 is 4.79 Å². The Morgan fingerprint density at radius 3 is 3.06 bits per heavy atom. The first-order chi connectivity index (χ1) is 8.74. The average Bonchev–Trinajstić information content (AvgIpc) is 2.88. The Hall–Kier alpha value is -1.01. The van der Waals surface area contributed by atoms with Gasteiger partial charge in [0.1, 0.15) is 0 Å². The van der Waals surface area contributed by atoms with Gasteiger partial charge in [-0.05, 0) is 31.3 Å². The number of imidazole rings is 1. The minimum atomic E-state index is -0.369. The summed E-state index contributed by atoms with van der Waals surface area (Å²) in [5.41, 5.74) is 5.76. The van der Waals surface area contributed by atoms with Gasteiger partial charge in [0, 0.05) is 25.5 Å². The third-order valence-electron chi connectivity index (χ3n) is 2.67. The van der Waals surface area contributed by atoms with Crippen LogP contribution in [0.1, 0.15) is 19.3 Å². The molecular formula is C12H22N4OS. The molecule has 0 spiro atoms. The SMILES string of the molecule is CSCC[C@H](N)C(=O)NCCCCn1ccnc1. The maximum atomic E-state index is 11.6. The molecule has 0 radical (unpaired) electrons. The molecule has 5 nitrogen and oxygen atoms in total. The fraction of sp³-hybridized carbons (Fsp3) is 0.667. The lowest BCUT2D eigenvalue weighted by Crippen LogP contribution is -2.41. The maximum Gasteiger partial charge on any atom is 0.236 e. The normalized spacial score (nSPS) is 12.3. The molecule has 0 aliphatic carbocycles. The summed E-state index contributed by atoms with van der Waals surface area (Å²) in [7, 11) is 0. The zero-order valence-corrected chi connectivity index (χ0v) is 11.7. The van der Waals surface area contributed by atoms with E-state index in [1.54, 1.807) is 24.3 Å². The molecule has 0 aliphatic heterocycles. The summed E-state index contributed by atoms with van der Waals surface area (Å²) in [6.45, 7) is 1.63. The quantitative estimate of drug-likeness (QED) is 0.653. The molecule has 0 unspecified atom stereocenters. The minimum Gasteiger partial charge on any atom is -0.355 e. The van der Waals surface area contributed by atoms with Gasteiger partial charge >= 0.3 is 0 Å². The van der Waals surface area contributed by atoms with Crippen molar-refractivity contribution in [3.05, 3.63) is 18.7 Å². The number of unbranched alkanes of at least 4 members (excludes halogenated alkanes) is 1. The van der Waals surface area contributed by atoms with Gasteiger partial charge in [-0.2, -0.15) is 11.8 Å². The monoisotopic (exact) mass is 270 g/mol. The number of hydrogen-bond acceptors (Lipinski definition) is 4. The fourth-order valence-corrected chi connectivity index (χ4v) is 2.05. The Bertz CT molecular complexity index is 329. The van der Waals surface area contributed by atoms with Crippen molar-refractivity contribution >= 4 is 17.7 Å². The predicted octanol–water partition coefficient (Wildman–Crippen LogP) is 0.860. The van der Waals surface area contributed by atoms with Crippen molar-refractivity contribution in [3.63, 3.8) is 0 Å². The van der Waals surface area contributed by atoms with Crippen LogP contribution in [0, 0.1) is 0 Å². The van der Waals surface area contributed by atoms with E-state index in [9.17, 15) is 4.79 Å². The fourth-order valence-electron chi connectivity index (χ4n) is 1.56. The maximum absolute atomic E-state index is 11.6. The molecule has 0 bridgehead atoms. The molecule has 0 saturated carbocycles. The van der Waals surface area contributed by atoms with Crippen molar-refractivity contribution in [2.75, 3.05) is 18.6 Å². The summed E-state index contributed by atoms with van der Waals surface area (Å²) in [5, 5.41) is 2.87. The van der Waals surface area contributed by atoms with Gasteiger partial charge in [-0.15, -0.1) is 0 Å². The number of nitrogens with zero attached hydrogens (tertiary/aromatic N) is 2. The standard InChI is InChI=1S/C12H22N4OS/c1-18-9-4-11(13)12(17)15-5-2-3-7-16-8-6-14-10-16/h6,8,10-11H,2-5,7,9,13H2,1H3,(H,15,17)/t11-/m0/s1. The molecule has 0 fully saturated rings. The molecule has 3 N–H and O–H groups in total. The van der Waals surface area contributed by atoms with Crippen molar-refractivity contribution in [3.8, 4) is 0 Å². The van der Waals surface area contributed by atoms with Crippen LogP contribution < -0.4 is 11.1 Å². The van der Waals surface area contributed by atoms with Crippen LogP contribution in [0.4, 0.5) is 0 Å². The van der Waals surface area contributed by atoms with Gasteiger partial charge in [-0.25, -0.2) is 4.98 Å². The molecule has 6 heteroatoms. The van der Waals surface area contributed by atoms with E-state index in [4.69, 9.17) is 5.73 Å². The third-order valence-corrected chi connectivity index (χ3v) is 3.32. The van der Waals surface area contributed by atoms with Crippen molar-refractivity contribution in [1.82, 2.24) is 14.9 Å². The smallest absolute Gasteiger partial charge is 0.236 e. The summed E-state index contributed by atoms with van der Waals surface area (Å²) in [6.07, 6.45) is 10.2. The largest absolute Gasteiger partial charge is 0.355 e. The summed E-state index contributed by atoms with van der Waals surface area (Å²) in [4.78, 5) is 15.6. The first-order valence-electron chi connectivity index (χ1n) is 6.22. The van der Waals surface area contributed by atoms with Crippen LogP contribution in [0.2, 0.25) is 0 Å². The molecule has 1 heterocycles. The van der Waals surface area contributed by atoms with Gasteiger partial charge in [0.2, 0.25) is 5.91 Å². The highest BCUT2D eigenvalue weighted by atomic mass is 32.2. The number of aryl methyl sites for hydroxylation is 1. The lowest BCUT2D eigenvalue weighted by molar-refractivity contribution is -0.122. The van der Waals surface area contributed by atoms with Crippen LogP contribution in [0.5, 0.6) is 0 Å². The second kappa shape index (κ2) is 8.99. The number of carbonyl (C=O) groups is 1. The zero-order chi connectivity index (χ0) is 13.2. The number of hydrogen-bond donors (Lipinski definition) is 2. The Morgan fingerprint density at radius 1 is 1.56 bits per heavy atom. The van der Waals surface area contributed by atoms with E-state index in [-0.39, 0.29) is 11.9 Å². The molecular weight excluding hydrogens is 248 g/mol. The van der Waals surface area contributed by atoms with Crippen LogP contribution in [0.15, 0.2) is 18.7 Å². The molecule has 1 aromatic heterocycles. The van der Waals surface area contributed by atoms with E-state index in [2.05, 4.69) is 10.3 Å². The van der Waals surface area contributed by atoms with Gasteiger partial charge in [-0.3, -0.25) is 4.79 Å². The van der Waals surface area contributed by atoms with E-state index >= 15 is 0 Å². The summed E-state index contributed by atoms with van der Waals surface area (Å²) >= 11 is 1.71. The molecule has 102 valence electrons. The van der Waals surface area contributed by atoms with Gasteiger partial charge in [0.05, 0.1) is 12.4 Å². The topological polar surface area (TPSA) is 72.9 Å². The average molecular weight is 270 g/mol. The molecule has 18 heavy (non-hydrogen) atoms. The second-order valence-electron chi connectivity index (χ2n) is 4.19. The van der Waals surface area contributed by atoms with E-state index < -0.39 is 0 Å². The van der Waals surface area contributed by atoms with Crippen LogP contribution in [0.3, 0.4) is 0 Å². The number of rotatable bonds is 9. The Labute approximate surface area is 113 Å². The molecule has 1 amide bonds. The van der Waals surface area contributed by atoms with E-state index in [0.29, 0.717) is 6.54 Å². The van der Waals surface area contributed by atoms with E-state index in [1.807, 2.05) is 17.0 Å². The zero-order valence-electron chi connectivity index (χ0n) is 10.8. The van der Waals surface area contributed by atoms with Crippen molar-refractivity contribution in [1.29, 1.82) is 0 Å². The van der Waals surface area contributed by atoms with Gasteiger partial charge in [0.25, 0.3) is 0 Å². The number of thioether (sulfide) groups is 1. The van der Waals surface area contributed by atoms with Crippen LogP contribution in [0.25, 0.3) is 0 Å². The lowest BCUT2D eigenvalue weighted by atomic mass is 10.2. The highest BCUT2D eigenvalue weighted by molar-refractivity contribution is 7.98. The van der Waals surface area contributed by atoms with Crippen LogP contribution in [-0.4, -0.2) is 40.1 Å². The number of nitrogens with two attached hydrogens (primary N) is 1. The first kappa shape index (κ1) is 15.0. The number of carbonyl (C=O) groups excluding carboxylic acids is 1. The first-order valence-corrected chi connectivity index (χ1v) is 7.61. The second-order valence-corrected chi connectivity index (χ2v) is 5.17. The number of nitrogens with one attached hydrogen (secondary N) is 1. The summed E-state index contributed by atoms with van der Waals surface area (Å²) in [6, 6.07) is -0.369. The molecule has 0 aliphatic rings. The minimum absolute atomic E-state index is 0.0355. The van der Waals surface area contributed by atoms with Crippen LogP contribution >= 0.6 is 11.8 Å². The summed E-state index contributed by atoms with van der Waals surface area (Å²) < 4.78 is 2.03. The molecule has 1 atom stereocenters. The number of amides is 1. The van der Waals surface area contributed by atoms with Crippen LogP contribution in [-0.2, 0) is 11.3 Å². The van der Waals surface area contributed by atoms with E-state index in [0.717, 1.165) is 31.6 Å². The van der Waals surface area contributed by atoms with Gasteiger partial charge < -0.3 is 15.6 Å². The Morgan fingerprint density at radius 2 is 2.39 bits per heavy atom.